The Morgan fingerprint density at radius 1 is 0.897 bits per heavy atom. The second-order valence-electron chi connectivity index (χ2n) is 11.3. The monoisotopic (exact) mass is 545 g/mol. The molecule has 0 bridgehead atoms. The van der Waals surface area contributed by atoms with Gasteiger partial charge in [-0.3, -0.25) is 9.78 Å². The van der Waals surface area contributed by atoms with Crippen LogP contribution in [0.4, 0.5) is 11.4 Å². The number of carbonyl (C=O) groups excluding carboxylic acids is 2. The first-order chi connectivity index (χ1) is 18.4. The van der Waals surface area contributed by atoms with Crippen molar-refractivity contribution >= 4 is 44.7 Å². The third kappa shape index (κ3) is 7.88. The first kappa shape index (κ1) is 28.3. The van der Waals surface area contributed by atoms with Crippen molar-refractivity contribution in [3.8, 4) is 11.1 Å². The molecule has 4 aromatic rings. The van der Waals surface area contributed by atoms with E-state index in [2.05, 4.69) is 39.9 Å². The number of aromatic nitrogens is 1. The smallest absolute Gasteiger partial charge is 0.331 e. The normalized spacial score (nSPS) is 12.7. The van der Waals surface area contributed by atoms with Crippen molar-refractivity contribution in [1.82, 2.24) is 10.3 Å². The molecule has 0 unspecified atom stereocenters. The molecule has 1 atom stereocenters. The number of rotatable bonds is 8. The van der Waals surface area contributed by atoms with Crippen LogP contribution in [0.15, 0.2) is 73.1 Å². The summed E-state index contributed by atoms with van der Waals surface area (Å²) in [4.78, 5) is 30.9. The number of thiophene rings is 1. The summed E-state index contributed by atoms with van der Waals surface area (Å²) < 4.78 is 12.2. The van der Waals surface area contributed by atoms with Crippen molar-refractivity contribution in [3.63, 3.8) is 0 Å². The predicted molar refractivity (Wildman–Crippen MR) is 158 cm³/mol. The van der Waals surface area contributed by atoms with E-state index in [1.165, 1.54) is 11.3 Å². The molecule has 1 amide bonds. The molecule has 0 aliphatic carbocycles. The summed E-state index contributed by atoms with van der Waals surface area (Å²) in [5.74, 6) is -0.910. The van der Waals surface area contributed by atoms with Crippen LogP contribution in [0.3, 0.4) is 0 Å². The largest absolute Gasteiger partial charge is 0.458 e. The number of anilines is 2. The second-order valence-corrected chi connectivity index (χ2v) is 12.3. The maximum atomic E-state index is 13.3. The van der Waals surface area contributed by atoms with Crippen LogP contribution in [-0.4, -0.2) is 40.7 Å². The van der Waals surface area contributed by atoms with Crippen LogP contribution in [0.25, 0.3) is 21.2 Å². The van der Waals surface area contributed by atoms with Crippen LogP contribution >= 0.6 is 11.3 Å². The molecule has 39 heavy (non-hydrogen) atoms. The highest BCUT2D eigenvalue weighted by Gasteiger charge is 2.29. The topological polar surface area (TPSA) is 89.5 Å². The van der Waals surface area contributed by atoms with Crippen molar-refractivity contribution < 1.29 is 19.1 Å². The van der Waals surface area contributed by atoms with Crippen LogP contribution in [0.5, 0.6) is 0 Å². The Hall–Kier alpha value is -3.75. The Balaban J connectivity index is 1.52. The van der Waals surface area contributed by atoms with Gasteiger partial charge in [0, 0.05) is 17.3 Å². The van der Waals surface area contributed by atoms with Gasteiger partial charge in [-0.2, -0.15) is 0 Å². The Bertz CT molecular complexity index is 1430. The minimum Gasteiger partial charge on any atom is -0.458 e. The third-order valence-corrected chi connectivity index (χ3v) is 6.69. The van der Waals surface area contributed by atoms with E-state index in [-0.39, 0.29) is 12.5 Å². The second kappa shape index (κ2) is 11.6. The molecule has 2 heterocycles. The number of pyridine rings is 1. The van der Waals surface area contributed by atoms with Gasteiger partial charge >= 0.3 is 5.97 Å². The van der Waals surface area contributed by atoms with Gasteiger partial charge in [-0.15, -0.1) is 11.3 Å². The summed E-state index contributed by atoms with van der Waals surface area (Å²) in [6.07, 6.45) is 3.47. The summed E-state index contributed by atoms with van der Waals surface area (Å²) in [6, 6.07) is 19.2. The number of hydrogen-bond donors (Lipinski definition) is 2. The van der Waals surface area contributed by atoms with Gasteiger partial charge in [0.05, 0.1) is 33.7 Å². The van der Waals surface area contributed by atoms with Crippen molar-refractivity contribution in [1.29, 1.82) is 0 Å². The molecule has 4 rings (SSSR count). The van der Waals surface area contributed by atoms with E-state index in [4.69, 9.17) is 9.47 Å². The number of esters is 1. The summed E-state index contributed by atoms with van der Waals surface area (Å²) in [5, 5.41) is 7.10. The molecule has 0 saturated heterocycles. The van der Waals surface area contributed by atoms with Crippen molar-refractivity contribution in [3.05, 3.63) is 77.9 Å². The van der Waals surface area contributed by atoms with Gasteiger partial charge in [0.15, 0.2) is 6.04 Å². The van der Waals surface area contributed by atoms with Crippen LogP contribution in [-0.2, 0) is 14.3 Å². The number of nitrogens with one attached hydrogen (secondary N) is 2. The lowest BCUT2D eigenvalue weighted by atomic mass is 10.1. The highest BCUT2D eigenvalue weighted by Crippen LogP contribution is 2.33. The quantitative estimate of drug-likeness (QED) is 0.233. The number of carbonyl (C=O) groups is 2. The third-order valence-electron chi connectivity index (χ3n) is 5.62. The van der Waals surface area contributed by atoms with Crippen LogP contribution in [0.1, 0.15) is 51.2 Å². The van der Waals surface area contributed by atoms with E-state index >= 15 is 0 Å². The van der Waals surface area contributed by atoms with Gasteiger partial charge in [-0.05, 0) is 70.9 Å². The van der Waals surface area contributed by atoms with Crippen molar-refractivity contribution in [2.24, 2.45) is 0 Å². The lowest BCUT2D eigenvalue weighted by Gasteiger charge is -2.27. The fourth-order valence-corrected chi connectivity index (χ4v) is 4.77. The zero-order valence-corrected chi connectivity index (χ0v) is 24.0. The SMILES string of the molecule is CC(C)(C)OC[C@@H](NC(=O)c1cc2c(Nc3ccc(-c4ccccc4)cc3)cncc2s1)C(=O)OC(C)(C)C. The molecule has 204 valence electrons. The number of fused-ring (bicyclic) bond motifs is 1. The molecule has 0 fully saturated rings. The van der Waals surface area contributed by atoms with Crippen LogP contribution in [0, 0.1) is 0 Å². The Kier molecular flexibility index (Phi) is 8.37. The van der Waals surface area contributed by atoms with Crippen molar-refractivity contribution in [2.75, 3.05) is 11.9 Å². The van der Waals surface area contributed by atoms with Gasteiger partial charge in [0.1, 0.15) is 5.60 Å². The van der Waals surface area contributed by atoms with Crippen LogP contribution < -0.4 is 10.6 Å². The molecule has 2 aromatic heterocycles. The number of nitrogens with zero attached hydrogens (tertiary/aromatic N) is 1. The maximum absolute atomic E-state index is 13.3. The lowest BCUT2D eigenvalue weighted by Crippen LogP contribution is -2.48. The summed E-state index contributed by atoms with van der Waals surface area (Å²) in [5.41, 5.74) is 2.81. The minimum atomic E-state index is -0.944. The maximum Gasteiger partial charge on any atom is 0.331 e. The average Bonchev–Trinajstić information content (AvgIpc) is 3.31. The number of ether oxygens (including phenoxy) is 2. The molecule has 0 saturated carbocycles. The van der Waals surface area contributed by atoms with E-state index in [1.807, 2.05) is 57.2 Å². The number of hydrogen-bond acceptors (Lipinski definition) is 7. The summed E-state index contributed by atoms with van der Waals surface area (Å²) in [7, 11) is 0. The number of benzene rings is 2. The fourth-order valence-electron chi connectivity index (χ4n) is 3.81. The molecule has 2 N–H and O–H groups in total. The molecule has 7 nitrogen and oxygen atoms in total. The molecule has 0 aliphatic rings. The van der Waals surface area contributed by atoms with Gasteiger partial charge in [-0.1, -0.05) is 42.5 Å². The van der Waals surface area contributed by atoms with Gasteiger partial charge < -0.3 is 20.1 Å². The molecule has 8 heteroatoms. The zero-order valence-electron chi connectivity index (χ0n) is 23.2. The molecular formula is C31H35N3O4S. The Morgan fingerprint density at radius 2 is 1.56 bits per heavy atom. The summed E-state index contributed by atoms with van der Waals surface area (Å²) >= 11 is 1.31. The molecular weight excluding hydrogens is 510 g/mol. The summed E-state index contributed by atoms with van der Waals surface area (Å²) in [6.45, 7) is 11.0. The minimum absolute atomic E-state index is 0.00237. The fraction of sp³-hybridized carbons (Fsp3) is 0.323. The Labute approximate surface area is 233 Å². The average molecular weight is 546 g/mol. The highest BCUT2D eigenvalue weighted by atomic mass is 32.1. The first-order valence-electron chi connectivity index (χ1n) is 12.9. The molecule has 0 radical (unpaired) electrons. The molecule has 2 aromatic carbocycles. The van der Waals surface area contributed by atoms with E-state index in [0.29, 0.717) is 4.88 Å². The van der Waals surface area contributed by atoms with E-state index < -0.39 is 23.2 Å². The van der Waals surface area contributed by atoms with Gasteiger partial charge in [-0.25, -0.2) is 4.79 Å². The number of amides is 1. The van der Waals surface area contributed by atoms with Gasteiger partial charge in [0.2, 0.25) is 0 Å². The van der Waals surface area contributed by atoms with Crippen LogP contribution in [0.2, 0.25) is 0 Å². The highest BCUT2D eigenvalue weighted by molar-refractivity contribution is 7.20. The predicted octanol–water partition coefficient (Wildman–Crippen LogP) is 6.96. The van der Waals surface area contributed by atoms with E-state index in [1.54, 1.807) is 33.2 Å². The standard InChI is InChI=1S/C31H35N3O4S/c1-30(2,3)37-19-25(29(36)38-31(4,5)6)34-28(35)26-16-23-24(17-32-18-27(23)39-26)33-22-14-12-21(13-15-22)20-10-8-7-9-11-20/h7-18,25,33H,19H2,1-6H3,(H,34,35)/t25-/m1/s1. The Morgan fingerprint density at radius 3 is 2.21 bits per heavy atom. The molecule has 0 aliphatic heterocycles. The molecule has 0 spiro atoms. The first-order valence-corrected chi connectivity index (χ1v) is 13.7. The van der Waals surface area contributed by atoms with Gasteiger partial charge in [0.25, 0.3) is 5.91 Å². The van der Waals surface area contributed by atoms with Crippen molar-refractivity contribution in [2.45, 2.75) is 58.8 Å². The van der Waals surface area contributed by atoms with E-state index in [0.717, 1.165) is 32.6 Å². The lowest BCUT2D eigenvalue weighted by molar-refractivity contribution is -0.160. The van der Waals surface area contributed by atoms with E-state index in [9.17, 15) is 9.59 Å². The zero-order chi connectivity index (χ0) is 28.2.